The molecule has 9 heteroatoms. The van der Waals surface area contributed by atoms with Gasteiger partial charge in [0.2, 0.25) is 0 Å². The monoisotopic (exact) mass is 451 g/mol. The van der Waals surface area contributed by atoms with Crippen LogP contribution in [-0.2, 0) is 27.3 Å². The summed E-state index contributed by atoms with van der Waals surface area (Å²) in [5, 5.41) is 13.7. The van der Waals surface area contributed by atoms with Crippen molar-refractivity contribution in [1.29, 1.82) is 0 Å². The van der Waals surface area contributed by atoms with Crippen molar-refractivity contribution in [3.05, 3.63) is 65.4 Å². The third-order valence-corrected chi connectivity index (χ3v) is 5.13. The summed E-state index contributed by atoms with van der Waals surface area (Å²) >= 11 is 0. The van der Waals surface area contributed by atoms with Gasteiger partial charge in [-0.25, -0.2) is 0 Å². The van der Waals surface area contributed by atoms with Crippen molar-refractivity contribution >= 4 is 34.5 Å². The molecule has 1 aromatic heterocycles. The van der Waals surface area contributed by atoms with E-state index in [1.165, 1.54) is 7.05 Å². The Morgan fingerprint density at radius 3 is 2.39 bits per heavy atom. The summed E-state index contributed by atoms with van der Waals surface area (Å²) in [6, 6.07) is 14.9. The molecule has 172 valence electrons. The summed E-state index contributed by atoms with van der Waals surface area (Å²) in [4.78, 5) is 48.0. The van der Waals surface area contributed by atoms with Crippen LogP contribution in [0.1, 0.15) is 28.5 Å². The number of benzene rings is 2. The highest BCUT2D eigenvalue weighted by atomic mass is 16.5. The van der Waals surface area contributed by atoms with E-state index < -0.39 is 36.7 Å². The zero-order valence-electron chi connectivity index (χ0n) is 18.4. The number of carbonyl (C=O) groups excluding carboxylic acids is 3. The number of carboxylic acids is 1. The van der Waals surface area contributed by atoms with E-state index in [2.05, 4.69) is 10.6 Å². The van der Waals surface area contributed by atoms with Crippen molar-refractivity contribution in [3.63, 3.8) is 0 Å². The normalized spacial score (nSPS) is 10.6. The zero-order chi connectivity index (χ0) is 24.0. The fourth-order valence-corrected chi connectivity index (χ4v) is 3.70. The number of hydrogen-bond acceptors (Lipinski definition) is 5. The average Bonchev–Trinajstić information content (AvgIpc) is 3.14. The Balaban J connectivity index is 2.11. The average molecular weight is 451 g/mol. The largest absolute Gasteiger partial charge is 0.483 e. The van der Waals surface area contributed by atoms with Gasteiger partial charge in [-0.15, -0.1) is 0 Å². The van der Waals surface area contributed by atoms with Crippen molar-refractivity contribution in [1.82, 2.24) is 15.2 Å². The van der Waals surface area contributed by atoms with E-state index in [4.69, 9.17) is 9.84 Å². The minimum atomic E-state index is -1.17. The molecule has 2 amide bonds. The van der Waals surface area contributed by atoms with Crippen molar-refractivity contribution < 1.29 is 29.0 Å². The van der Waals surface area contributed by atoms with Gasteiger partial charge in [0, 0.05) is 19.3 Å². The highest BCUT2D eigenvalue weighted by Crippen LogP contribution is 2.35. The molecule has 3 rings (SSSR count). The molecule has 33 heavy (non-hydrogen) atoms. The molecule has 0 saturated heterocycles. The minimum absolute atomic E-state index is 0.226. The lowest BCUT2D eigenvalue weighted by Crippen LogP contribution is -2.33. The van der Waals surface area contributed by atoms with Crippen LogP contribution in [0, 0.1) is 0 Å². The summed E-state index contributed by atoms with van der Waals surface area (Å²) < 4.78 is 7.65. The predicted molar refractivity (Wildman–Crippen MR) is 121 cm³/mol. The highest BCUT2D eigenvalue weighted by Gasteiger charge is 2.28. The number of nitrogens with zero attached hydrogens (tertiary/aromatic N) is 1. The molecule has 0 unspecified atom stereocenters. The van der Waals surface area contributed by atoms with E-state index in [0.29, 0.717) is 29.6 Å². The smallest absolute Gasteiger partial charge is 0.322 e. The number of amides is 2. The van der Waals surface area contributed by atoms with Gasteiger partial charge in [0.15, 0.2) is 6.61 Å². The van der Waals surface area contributed by atoms with Crippen LogP contribution >= 0.6 is 0 Å². The SMILES string of the molecule is CCc1c(C(=O)C(=O)NC)c2c(OCC(=O)NCC(=O)O)cccc2n1Cc1ccccc1. The van der Waals surface area contributed by atoms with Crippen LogP contribution in [0.3, 0.4) is 0 Å². The van der Waals surface area contributed by atoms with Crippen molar-refractivity contribution in [2.24, 2.45) is 0 Å². The van der Waals surface area contributed by atoms with E-state index in [-0.39, 0.29) is 11.3 Å². The maximum absolute atomic E-state index is 13.1. The first-order valence-corrected chi connectivity index (χ1v) is 10.4. The number of rotatable bonds is 10. The molecule has 0 radical (unpaired) electrons. The van der Waals surface area contributed by atoms with Crippen molar-refractivity contribution in [3.8, 4) is 5.75 Å². The van der Waals surface area contributed by atoms with Crippen LogP contribution in [0.15, 0.2) is 48.5 Å². The maximum atomic E-state index is 13.1. The van der Waals surface area contributed by atoms with Gasteiger partial charge in [0.1, 0.15) is 12.3 Å². The molecule has 3 aromatic rings. The molecule has 0 atom stereocenters. The quantitative estimate of drug-likeness (QED) is 0.318. The zero-order valence-corrected chi connectivity index (χ0v) is 18.4. The Hall–Kier alpha value is -4.14. The van der Waals surface area contributed by atoms with Crippen molar-refractivity contribution in [2.45, 2.75) is 19.9 Å². The number of nitrogens with one attached hydrogen (secondary N) is 2. The molecule has 0 spiro atoms. The summed E-state index contributed by atoms with van der Waals surface area (Å²) in [7, 11) is 1.39. The lowest BCUT2D eigenvalue weighted by molar-refractivity contribution is -0.138. The second-order valence-electron chi connectivity index (χ2n) is 7.26. The number of ether oxygens (including phenoxy) is 1. The summed E-state index contributed by atoms with van der Waals surface area (Å²) in [6.45, 7) is 1.41. The third kappa shape index (κ3) is 5.20. The molecular weight excluding hydrogens is 426 g/mol. The molecule has 0 aliphatic rings. The summed E-state index contributed by atoms with van der Waals surface area (Å²) in [5.41, 5.74) is 2.60. The Morgan fingerprint density at radius 2 is 1.76 bits per heavy atom. The minimum Gasteiger partial charge on any atom is -0.483 e. The molecule has 9 nitrogen and oxygen atoms in total. The van der Waals surface area contributed by atoms with Gasteiger partial charge < -0.3 is 25.0 Å². The number of aliphatic carboxylic acids is 1. The second kappa shape index (κ2) is 10.4. The molecule has 3 N–H and O–H groups in total. The molecule has 0 saturated carbocycles. The lowest BCUT2D eigenvalue weighted by atomic mass is 10.0. The Morgan fingerprint density at radius 1 is 1.03 bits per heavy atom. The van der Waals surface area contributed by atoms with Crippen molar-refractivity contribution in [2.75, 3.05) is 20.2 Å². The molecular formula is C24H25N3O6. The van der Waals surface area contributed by atoms with Gasteiger partial charge in [-0.1, -0.05) is 43.3 Å². The summed E-state index contributed by atoms with van der Waals surface area (Å²) in [5.74, 6) is -2.98. The fourth-order valence-electron chi connectivity index (χ4n) is 3.70. The molecule has 0 aliphatic heterocycles. The van der Waals surface area contributed by atoms with Crippen LogP contribution in [0.5, 0.6) is 5.75 Å². The predicted octanol–water partition coefficient (Wildman–Crippen LogP) is 1.76. The van der Waals surface area contributed by atoms with E-state index in [9.17, 15) is 19.2 Å². The topological polar surface area (TPSA) is 127 Å². The molecule has 1 heterocycles. The van der Waals surface area contributed by atoms with Gasteiger partial charge in [-0.05, 0) is 24.1 Å². The van der Waals surface area contributed by atoms with Gasteiger partial charge in [-0.3, -0.25) is 19.2 Å². The Kier molecular flexibility index (Phi) is 7.45. The summed E-state index contributed by atoms with van der Waals surface area (Å²) in [6.07, 6.45) is 0.484. The van der Waals surface area contributed by atoms with Gasteiger partial charge in [0.25, 0.3) is 17.6 Å². The first-order valence-electron chi connectivity index (χ1n) is 10.4. The van der Waals surface area contributed by atoms with Crippen LogP contribution in [0.25, 0.3) is 10.9 Å². The number of Topliss-reactive ketones (excluding diaryl/α,β-unsaturated/α-hetero) is 1. The number of aromatic nitrogens is 1. The first kappa shape index (κ1) is 23.5. The van der Waals surface area contributed by atoms with Gasteiger partial charge >= 0.3 is 5.97 Å². The first-order chi connectivity index (χ1) is 15.9. The number of hydrogen-bond donors (Lipinski definition) is 3. The molecule has 2 aromatic carbocycles. The van der Waals surface area contributed by atoms with E-state index >= 15 is 0 Å². The fraction of sp³-hybridized carbons (Fsp3) is 0.250. The van der Waals surface area contributed by atoms with E-state index in [0.717, 1.165) is 5.56 Å². The maximum Gasteiger partial charge on any atom is 0.322 e. The number of likely N-dealkylation sites (N-methyl/N-ethyl adjacent to an activating group) is 1. The Labute approximate surface area is 190 Å². The van der Waals surface area contributed by atoms with Gasteiger partial charge in [-0.2, -0.15) is 0 Å². The van der Waals surface area contributed by atoms with E-state index in [1.54, 1.807) is 12.1 Å². The number of carbonyl (C=O) groups is 4. The molecule has 0 aliphatic carbocycles. The van der Waals surface area contributed by atoms with Crippen LogP contribution in [0.4, 0.5) is 0 Å². The lowest BCUT2D eigenvalue weighted by Gasteiger charge is -2.11. The van der Waals surface area contributed by atoms with Gasteiger partial charge in [0.05, 0.1) is 16.5 Å². The number of fused-ring (bicyclic) bond motifs is 1. The van der Waals surface area contributed by atoms with Crippen LogP contribution in [0.2, 0.25) is 0 Å². The van der Waals surface area contributed by atoms with Crippen LogP contribution < -0.4 is 15.4 Å². The third-order valence-electron chi connectivity index (χ3n) is 5.13. The highest BCUT2D eigenvalue weighted by molar-refractivity contribution is 6.45. The Bertz CT molecular complexity index is 1200. The second-order valence-corrected chi connectivity index (χ2v) is 7.26. The van der Waals surface area contributed by atoms with E-state index in [1.807, 2.05) is 47.9 Å². The van der Waals surface area contributed by atoms with Crippen LogP contribution in [-0.4, -0.2) is 53.4 Å². The molecule has 0 bridgehead atoms. The number of carboxylic acid groups (broad SMARTS) is 1. The molecule has 0 fully saturated rings. The number of ketones is 1. The standard InChI is InChI=1S/C24H25N3O6/c1-3-16-22(23(31)24(32)25-2)21-17(27(16)13-15-8-5-4-6-9-15)10-7-11-18(21)33-14-19(28)26-12-20(29)30/h4-11H,3,12-14H2,1-2H3,(H,25,32)(H,26,28)(H,29,30).